The highest BCUT2D eigenvalue weighted by Gasteiger charge is 2.23. The van der Waals surface area contributed by atoms with Crippen LogP contribution in [0.1, 0.15) is 13.8 Å². The van der Waals surface area contributed by atoms with E-state index in [9.17, 15) is 0 Å². The highest BCUT2D eigenvalue weighted by molar-refractivity contribution is 7.99. The molecule has 4 nitrogen and oxygen atoms in total. The van der Waals surface area contributed by atoms with E-state index in [4.69, 9.17) is 9.68 Å². The molecule has 0 radical (unpaired) electrons. The summed E-state index contributed by atoms with van der Waals surface area (Å²) < 4.78 is 5.07. The summed E-state index contributed by atoms with van der Waals surface area (Å²) in [5.41, 5.74) is -0.520. The molecule has 0 aliphatic carbocycles. The molecule has 0 amide bonds. The zero-order valence-corrected chi connectivity index (χ0v) is 9.10. The van der Waals surface area contributed by atoms with Crippen molar-refractivity contribution in [3.8, 4) is 6.07 Å². The SMILES string of the molecule is CCNC(C)(C#N)CSc1ncco1. The summed E-state index contributed by atoms with van der Waals surface area (Å²) in [6, 6.07) is 2.24. The van der Waals surface area contributed by atoms with E-state index < -0.39 is 5.54 Å². The Balaban J connectivity index is 2.46. The zero-order valence-electron chi connectivity index (χ0n) is 8.28. The molecule has 1 atom stereocenters. The van der Waals surface area contributed by atoms with Crippen molar-refractivity contribution < 1.29 is 4.42 Å². The van der Waals surface area contributed by atoms with E-state index in [1.54, 1.807) is 6.20 Å². The molecule has 1 heterocycles. The number of nitriles is 1. The Bertz CT molecular complexity index is 306. The van der Waals surface area contributed by atoms with Crippen LogP contribution >= 0.6 is 11.8 Å². The molecule has 0 aliphatic rings. The molecule has 1 aromatic heterocycles. The van der Waals surface area contributed by atoms with Crippen LogP contribution in [0.15, 0.2) is 22.1 Å². The summed E-state index contributed by atoms with van der Waals surface area (Å²) >= 11 is 1.44. The fraction of sp³-hybridized carbons (Fsp3) is 0.556. The summed E-state index contributed by atoms with van der Waals surface area (Å²) in [6.07, 6.45) is 3.12. The summed E-state index contributed by atoms with van der Waals surface area (Å²) in [5.74, 6) is 0.623. The van der Waals surface area contributed by atoms with Crippen molar-refractivity contribution in [1.82, 2.24) is 10.3 Å². The lowest BCUT2D eigenvalue weighted by molar-refractivity contribution is 0.450. The smallest absolute Gasteiger partial charge is 0.255 e. The molecule has 0 saturated heterocycles. The monoisotopic (exact) mass is 211 g/mol. The molecule has 0 aromatic carbocycles. The molecule has 0 fully saturated rings. The van der Waals surface area contributed by atoms with Crippen LogP contribution in [0.3, 0.4) is 0 Å². The Labute approximate surface area is 87.7 Å². The maximum atomic E-state index is 8.97. The first-order chi connectivity index (χ1) is 6.70. The number of thioether (sulfide) groups is 1. The lowest BCUT2D eigenvalue weighted by atomic mass is 10.1. The van der Waals surface area contributed by atoms with Crippen molar-refractivity contribution in [3.63, 3.8) is 0 Å². The van der Waals surface area contributed by atoms with Gasteiger partial charge in [0.1, 0.15) is 11.8 Å². The predicted molar refractivity (Wildman–Crippen MR) is 54.9 cm³/mol. The number of nitrogens with zero attached hydrogens (tertiary/aromatic N) is 2. The Morgan fingerprint density at radius 3 is 3.07 bits per heavy atom. The number of aromatic nitrogens is 1. The first-order valence-corrected chi connectivity index (χ1v) is 5.37. The van der Waals surface area contributed by atoms with Gasteiger partial charge < -0.3 is 4.42 Å². The zero-order chi connectivity index (χ0) is 10.4. The van der Waals surface area contributed by atoms with Crippen molar-refractivity contribution in [1.29, 1.82) is 5.26 Å². The van der Waals surface area contributed by atoms with E-state index in [0.717, 1.165) is 6.54 Å². The molecule has 76 valence electrons. The maximum Gasteiger partial charge on any atom is 0.255 e. The van der Waals surface area contributed by atoms with Crippen LogP contribution in [0.4, 0.5) is 0 Å². The van der Waals surface area contributed by atoms with Crippen LogP contribution in [0.5, 0.6) is 0 Å². The average molecular weight is 211 g/mol. The molecule has 0 aliphatic heterocycles. The molecule has 5 heteroatoms. The van der Waals surface area contributed by atoms with E-state index in [0.29, 0.717) is 11.0 Å². The number of rotatable bonds is 5. The second kappa shape index (κ2) is 5.03. The molecule has 1 aromatic rings. The van der Waals surface area contributed by atoms with E-state index in [-0.39, 0.29) is 0 Å². The van der Waals surface area contributed by atoms with Gasteiger partial charge in [-0.3, -0.25) is 5.32 Å². The molecule has 0 bridgehead atoms. The van der Waals surface area contributed by atoms with Gasteiger partial charge in [-0.15, -0.1) is 0 Å². The van der Waals surface area contributed by atoms with Crippen LogP contribution < -0.4 is 5.32 Å². The number of oxazole rings is 1. The van der Waals surface area contributed by atoms with Crippen molar-refractivity contribution in [3.05, 3.63) is 12.5 Å². The minimum atomic E-state index is -0.520. The van der Waals surface area contributed by atoms with Crippen LogP contribution in [0, 0.1) is 11.3 Å². The Morgan fingerprint density at radius 2 is 2.57 bits per heavy atom. The number of hydrogen-bond acceptors (Lipinski definition) is 5. The second-order valence-corrected chi connectivity index (χ2v) is 3.99. The van der Waals surface area contributed by atoms with Crippen molar-refractivity contribution in [2.75, 3.05) is 12.3 Å². The number of hydrogen-bond donors (Lipinski definition) is 1. The van der Waals surface area contributed by atoms with E-state index in [1.165, 1.54) is 18.0 Å². The lowest BCUT2D eigenvalue weighted by Gasteiger charge is -2.20. The molecular weight excluding hydrogens is 198 g/mol. The fourth-order valence-corrected chi connectivity index (χ4v) is 1.84. The third-order valence-corrected chi connectivity index (χ3v) is 2.88. The largest absolute Gasteiger partial charge is 0.440 e. The lowest BCUT2D eigenvalue weighted by Crippen LogP contribution is -2.43. The first kappa shape index (κ1) is 11.1. The summed E-state index contributed by atoms with van der Waals surface area (Å²) in [4.78, 5) is 3.97. The Hall–Kier alpha value is -0.990. The molecular formula is C9H13N3OS. The molecule has 0 spiro atoms. The first-order valence-electron chi connectivity index (χ1n) is 4.39. The highest BCUT2D eigenvalue weighted by atomic mass is 32.2. The molecule has 1 N–H and O–H groups in total. The van der Waals surface area contributed by atoms with E-state index >= 15 is 0 Å². The highest BCUT2D eigenvalue weighted by Crippen LogP contribution is 2.20. The van der Waals surface area contributed by atoms with Gasteiger partial charge in [-0.05, 0) is 13.5 Å². The van der Waals surface area contributed by atoms with Crippen LogP contribution in [0.2, 0.25) is 0 Å². The quantitative estimate of drug-likeness (QED) is 0.750. The van der Waals surface area contributed by atoms with E-state index in [1.807, 2.05) is 13.8 Å². The number of nitrogens with one attached hydrogen (secondary N) is 1. The van der Waals surface area contributed by atoms with Gasteiger partial charge in [0, 0.05) is 5.75 Å². The van der Waals surface area contributed by atoms with E-state index in [2.05, 4.69) is 16.4 Å². The minimum Gasteiger partial charge on any atom is -0.440 e. The van der Waals surface area contributed by atoms with Gasteiger partial charge >= 0.3 is 0 Å². The topological polar surface area (TPSA) is 61.9 Å². The van der Waals surface area contributed by atoms with Crippen molar-refractivity contribution in [2.24, 2.45) is 0 Å². The minimum absolute atomic E-state index is 0.520. The van der Waals surface area contributed by atoms with Gasteiger partial charge in [-0.2, -0.15) is 5.26 Å². The van der Waals surface area contributed by atoms with Crippen molar-refractivity contribution in [2.45, 2.75) is 24.6 Å². The third-order valence-electron chi connectivity index (χ3n) is 1.71. The molecule has 14 heavy (non-hydrogen) atoms. The maximum absolute atomic E-state index is 8.97. The van der Waals surface area contributed by atoms with Gasteiger partial charge in [0.15, 0.2) is 0 Å². The average Bonchev–Trinajstić information content (AvgIpc) is 2.68. The Morgan fingerprint density at radius 1 is 1.79 bits per heavy atom. The van der Waals surface area contributed by atoms with Crippen LogP contribution in [-0.4, -0.2) is 22.8 Å². The standard InChI is InChI=1S/C9H13N3OS/c1-3-12-9(2,6-10)7-14-8-11-4-5-13-8/h4-5,12H,3,7H2,1-2H3. The van der Waals surface area contributed by atoms with Crippen molar-refractivity contribution >= 4 is 11.8 Å². The van der Waals surface area contributed by atoms with Crippen LogP contribution in [0.25, 0.3) is 0 Å². The summed E-state index contributed by atoms with van der Waals surface area (Å²) in [5, 5.41) is 12.7. The predicted octanol–water partition coefficient (Wildman–Crippen LogP) is 1.66. The van der Waals surface area contributed by atoms with Gasteiger partial charge in [0.05, 0.1) is 12.3 Å². The fourth-order valence-electron chi connectivity index (χ4n) is 1.00. The van der Waals surface area contributed by atoms with Gasteiger partial charge in [0.2, 0.25) is 0 Å². The van der Waals surface area contributed by atoms with Gasteiger partial charge in [0.25, 0.3) is 5.22 Å². The Kier molecular flexibility index (Phi) is 3.98. The third kappa shape index (κ3) is 3.05. The van der Waals surface area contributed by atoms with Gasteiger partial charge in [-0.25, -0.2) is 4.98 Å². The molecule has 1 unspecified atom stereocenters. The van der Waals surface area contributed by atoms with Crippen LogP contribution in [-0.2, 0) is 0 Å². The summed E-state index contributed by atoms with van der Waals surface area (Å²) in [6.45, 7) is 4.62. The molecule has 1 rings (SSSR count). The summed E-state index contributed by atoms with van der Waals surface area (Å²) in [7, 11) is 0. The second-order valence-electron chi connectivity index (χ2n) is 3.06. The normalized spacial score (nSPS) is 14.6. The molecule has 0 saturated carbocycles. The van der Waals surface area contributed by atoms with Gasteiger partial charge in [-0.1, -0.05) is 18.7 Å².